The molecule has 0 aliphatic heterocycles. The number of rotatable bonds is 14. The molecular weight excluding hydrogens is 426 g/mol. The molecule has 0 spiro atoms. The van der Waals surface area contributed by atoms with Crippen molar-refractivity contribution < 1.29 is 27.9 Å². The Morgan fingerprint density at radius 2 is 1.70 bits per heavy atom. The molecule has 2 rings (SSSR count). The standard InChI is InChI=1S/C14H20O2.C13H20F2O2/c1-2-3-4-8-11-14(15)16-12-13-9-6-5-7-10-13;1-2-3-8-13(14,15)12(17)7-5-10-4-6-11(16)9-10/h5-7,9-10H,2-4,8,11-12H2,1H3;10H,2-9H2,1H3. The third-order valence-electron chi connectivity index (χ3n) is 5.86. The second-order valence-electron chi connectivity index (χ2n) is 8.87. The smallest absolute Gasteiger partial charge is 0.306 e. The van der Waals surface area contributed by atoms with E-state index in [1.54, 1.807) is 0 Å². The number of halogens is 2. The van der Waals surface area contributed by atoms with Gasteiger partial charge in [-0.15, -0.1) is 0 Å². The van der Waals surface area contributed by atoms with E-state index in [9.17, 15) is 23.2 Å². The molecule has 186 valence electrons. The number of alkyl halides is 2. The first kappa shape index (κ1) is 28.9. The normalized spacial score (nSPS) is 15.6. The minimum atomic E-state index is -3.17. The van der Waals surface area contributed by atoms with Crippen LogP contribution in [-0.2, 0) is 25.7 Å². The van der Waals surface area contributed by atoms with Crippen molar-refractivity contribution in [3.63, 3.8) is 0 Å². The van der Waals surface area contributed by atoms with Crippen LogP contribution in [0.2, 0.25) is 0 Å². The van der Waals surface area contributed by atoms with Crippen LogP contribution in [0.5, 0.6) is 0 Å². The number of esters is 1. The average Bonchev–Trinajstić information content (AvgIpc) is 3.23. The van der Waals surface area contributed by atoms with Gasteiger partial charge in [-0.1, -0.05) is 69.9 Å². The summed E-state index contributed by atoms with van der Waals surface area (Å²) in [7, 11) is 0. The van der Waals surface area contributed by atoms with Gasteiger partial charge in [0.25, 0.3) is 0 Å². The second kappa shape index (κ2) is 16.5. The van der Waals surface area contributed by atoms with Crippen molar-refractivity contribution in [3.8, 4) is 0 Å². The van der Waals surface area contributed by atoms with Crippen LogP contribution < -0.4 is 0 Å². The van der Waals surface area contributed by atoms with Gasteiger partial charge in [0.05, 0.1) is 0 Å². The number of carbonyl (C=O) groups excluding carboxylic acids is 3. The summed E-state index contributed by atoms with van der Waals surface area (Å²) in [6.45, 7) is 4.38. The van der Waals surface area contributed by atoms with Crippen LogP contribution in [0, 0.1) is 5.92 Å². The van der Waals surface area contributed by atoms with Crippen molar-refractivity contribution in [2.45, 2.75) is 110 Å². The average molecular weight is 467 g/mol. The highest BCUT2D eigenvalue weighted by Crippen LogP contribution is 2.30. The molecule has 4 nitrogen and oxygen atoms in total. The maximum atomic E-state index is 13.3. The highest BCUT2D eigenvalue weighted by Gasteiger charge is 2.37. The fraction of sp³-hybridized carbons (Fsp3) is 0.667. The van der Waals surface area contributed by atoms with E-state index >= 15 is 0 Å². The summed E-state index contributed by atoms with van der Waals surface area (Å²) < 4.78 is 31.8. The fourth-order valence-corrected chi connectivity index (χ4v) is 3.70. The van der Waals surface area contributed by atoms with E-state index in [0.717, 1.165) is 24.8 Å². The van der Waals surface area contributed by atoms with E-state index in [1.807, 2.05) is 37.3 Å². The first-order valence-corrected chi connectivity index (χ1v) is 12.4. The van der Waals surface area contributed by atoms with Gasteiger partial charge in [-0.05, 0) is 37.2 Å². The monoisotopic (exact) mass is 466 g/mol. The van der Waals surface area contributed by atoms with Crippen LogP contribution in [0.15, 0.2) is 30.3 Å². The van der Waals surface area contributed by atoms with Crippen molar-refractivity contribution in [1.82, 2.24) is 0 Å². The molecule has 1 unspecified atom stereocenters. The van der Waals surface area contributed by atoms with Crippen LogP contribution >= 0.6 is 0 Å². The summed E-state index contributed by atoms with van der Waals surface area (Å²) in [4.78, 5) is 33.7. The third-order valence-corrected chi connectivity index (χ3v) is 5.86. The largest absolute Gasteiger partial charge is 0.461 e. The Morgan fingerprint density at radius 3 is 2.30 bits per heavy atom. The lowest BCUT2D eigenvalue weighted by atomic mass is 9.96. The van der Waals surface area contributed by atoms with Crippen molar-refractivity contribution in [2.24, 2.45) is 5.92 Å². The summed E-state index contributed by atoms with van der Waals surface area (Å²) in [5, 5.41) is 0. The molecule has 0 amide bonds. The second-order valence-corrected chi connectivity index (χ2v) is 8.87. The van der Waals surface area contributed by atoms with Gasteiger partial charge in [-0.2, -0.15) is 8.78 Å². The summed E-state index contributed by atoms with van der Waals surface area (Å²) in [5.74, 6) is -3.86. The van der Waals surface area contributed by atoms with Crippen molar-refractivity contribution in [2.75, 3.05) is 0 Å². The van der Waals surface area contributed by atoms with Gasteiger partial charge in [0, 0.05) is 32.1 Å². The van der Waals surface area contributed by atoms with E-state index in [2.05, 4.69) is 6.92 Å². The molecule has 0 saturated heterocycles. The van der Waals surface area contributed by atoms with Crippen molar-refractivity contribution in [1.29, 1.82) is 0 Å². The summed E-state index contributed by atoms with van der Waals surface area (Å²) in [6, 6.07) is 9.78. The number of carbonyl (C=O) groups is 3. The van der Waals surface area contributed by atoms with E-state index in [-0.39, 0.29) is 30.5 Å². The molecular formula is C27H40F2O4. The number of ether oxygens (including phenoxy) is 1. The van der Waals surface area contributed by atoms with Crippen LogP contribution in [0.1, 0.15) is 103 Å². The maximum Gasteiger partial charge on any atom is 0.306 e. The Balaban J connectivity index is 0.000000331. The lowest BCUT2D eigenvalue weighted by Crippen LogP contribution is -2.28. The molecule has 0 aromatic heterocycles. The Hall–Kier alpha value is -2.11. The predicted octanol–water partition coefficient (Wildman–Crippen LogP) is 7.23. The zero-order valence-corrected chi connectivity index (χ0v) is 20.3. The Labute approximate surface area is 197 Å². The highest BCUT2D eigenvalue weighted by molar-refractivity contribution is 5.85. The van der Waals surface area contributed by atoms with Gasteiger partial charge >= 0.3 is 11.9 Å². The fourth-order valence-electron chi connectivity index (χ4n) is 3.70. The van der Waals surface area contributed by atoms with Gasteiger partial charge in [0.2, 0.25) is 5.78 Å². The van der Waals surface area contributed by atoms with Crippen molar-refractivity contribution >= 4 is 17.5 Å². The van der Waals surface area contributed by atoms with Gasteiger partial charge in [0.15, 0.2) is 0 Å². The minimum absolute atomic E-state index is 0.0834. The third kappa shape index (κ3) is 13.2. The molecule has 0 heterocycles. The van der Waals surface area contributed by atoms with E-state index < -0.39 is 11.7 Å². The summed E-state index contributed by atoms with van der Waals surface area (Å²) in [6.07, 6.45) is 7.83. The molecule has 1 atom stereocenters. The van der Waals surface area contributed by atoms with Crippen LogP contribution in [0.25, 0.3) is 0 Å². The zero-order chi connectivity index (χ0) is 24.5. The molecule has 33 heavy (non-hydrogen) atoms. The molecule has 1 aliphatic rings. The van der Waals surface area contributed by atoms with Gasteiger partial charge in [0.1, 0.15) is 12.4 Å². The quantitative estimate of drug-likeness (QED) is 0.214. The van der Waals surface area contributed by atoms with E-state index in [4.69, 9.17) is 4.74 Å². The Bertz CT molecular complexity index is 703. The molecule has 0 N–H and O–H groups in total. The number of Topliss-reactive ketones (excluding diaryl/α,β-unsaturated/α-hetero) is 2. The van der Waals surface area contributed by atoms with E-state index in [0.29, 0.717) is 45.1 Å². The Kier molecular flexibility index (Phi) is 14.5. The maximum absolute atomic E-state index is 13.3. The lowest BCUT2D eigenvalue weighted by molar-refractivity contribution is -0.145. The minimum Gasteiger partial charge on any atom is -0.461 e. The first-order chi connectivity index (χ1) is 15.8. The van der Waals surface area contributed by atoms with Gasteiger partial charge < -0.3 is 4.74 Å². The molecule has 1 fully saturated rings. The molecule has 0 bridgehead atoms. The van der Waals surface area contributed by atoms with Gasteiger partial charge in [-0.25, -0.2) is 0 Å². The number of unbranched alkanes of at least 4 members (excludes halogenated alkanes) is 4. The van der Waals surface area contributed by atoms with Gasteiger partial charge in [-0.3, -0.25) is 14.4 Å². The zero-order valence-electron chi connectivity index (χ0n) is 20.3. The predicted molar refractivity (Wildman–Crippen MR) is 126 cm³/mol. The number of hydrogen-bond donors (Lipinski definition) is 0. The van der Waals surface area contributed by atoms with Crippen LogP contribution in [0.4, 0.5) is 8.78 Å². The summed E-state index contributed by atoms with van der Waals surface area (Å²) >= 11 is 0. The lowest BCUT2D eigenvalue weighted by Gasteiger charge is -2.15. The molecule has 1 aromatic carbocycles. The first-order valence-electron chi connectivity index (χ1n) is 12.4. The summed E-state index contributed by atoms with van der Waals surface area (Å²) in [5.41, 5.74) is 1.05. The topological polar surface area (TPSA) is 60.4 Å². The molecule has 1 aromatic rings. The number of hydrogen-bond acceptors (Lipinski definition) is 4. The Morgan fingerprint density at radius 1 is 1.00 bits per heavy atom. The van der Waals surface area contributed by atoms with Crippen LogP contribution in [0.3, 0.4) is 0 Å². The molecule has 6 heteroatoms. The number of benzene rings is 1. The van der Waals surface area contributed by atoms with E-state index in [1.165, 1.54) is 12.8 Å². The highest BCUT2D eigenvalue weighted by atomic mass is 19.3. The molecule has 1 saturated carbocycles. The van der Waals surface area contributed by atoms with Crippen LogP contribution in [-0.4, -0.2) is 23.5 Å². The molecule has 0 radical (unpaired) electrons. The van der Waals surface area contributed by atoms with Crippen molar-refractivity contribution in [3.05, 3.63) is 35.9 Å². The SMILES string of the molecule is CCCCC(F)(F)C(=O)CCC1CCC(=O)C1.CCCCCCC(=O)OCc1ccccc1. The molecule has 1 aliphatic carbocycles. The number of ketones is 2.